The van der Waals surface area contributed by atoms with Crippen molar-refractivity contribution in [3.63, 3.8) is 0 Å². The first-order chi connectivity index (χ1) is 9.79. The summed E-state index contributed by atoms with van der Waals surface area (Å²) in [4.78, 5) is 11.8. The van der Waals surface area contributed by atoms with E-state index in [1.165, 1.54) is 12.8 Å². The van der Waals surface area contributed by atoms with Crippen LogP contribution in [-0.2, 0) is 16.0 Å². The Morgan fingerprint density at radius 1 is 1.35 bits per heavy atom. The van der Waals surface area contributed by atoms with Crippen LogP contribution in [0.15, 0.2) is 24.3 Å². The molecule has 1 amide bonds. The van der Waals surface area contributed by atoms with Crippen LogP contribution in [0, 0.1) is 5.92 Å². The maximum absolute atomic E-state index is 11.8. The minimum Gasteiger partial charge on any atom is -0.496 e. The van der Waals surface area contributed by atoms with E-state index in [2.05, 4.69) is 5.32 Å². The van der Waals surface area contributed by atoms with Crippen molar-refractivity contribution in [2.45, 2.75) is 25.7 Å². The van der Waals surface area contributed by atoms with Gasteiger partial charge in [-0.15, -0.1) is 0 Å². The van der Waals surface area contributed by atoms with Crippen LogP contribution < -0.4 is 10.1 Å². The molecule has 0 unspecified atom stereocenters. The normalized spacial score (nSPS) is 14.1. The zero-order valence-electron chi connectivity index (χ0n) is 12.1. The number of hydrogen-bond donors (Lipinski definition) is 1. The highest BCUT2D eigenvalue weighted by molar-refractivity contribution is 5.79. The van der Waals surface area contributed by atoms with Gasteiger partial charge in [0.2, 0.25) is 5.91 Å². The molecule has 1 aromatic carbocycles. The van der Waals surface area contributed by atoms with Gasteiger partial charge in [-0.1, -0.05) is 18.2 Å². The Morgan fingerprint density at radius 2 is 2.15 bits per heavy atom. The predicted molar refractivity (Wildman–Crippen MR) is 77.9 cm³/mol. The van der Waals surface area contributed by atoms with Gasteiger partial charge in [-0.3, -0.25) is 4.79 Å². The first-order valence-corrected chi connectivity index (χ1v) is 7.26. The smallest absolute Gasteiger partial charge is 0.224 e. The van der Waals surface area contributed by atoms with E-state index in [0.29, 0.717) is 13.0 Å². The lowest BCUT2D eigenvalue weighted by molar-refractivity contribution is -0.120. The second-order valence-corrected chi connectivity index (χ2v) is 5.21. The van der Waals surface area contributed by atoms with Crippen molar-refractivity contribution in [3.8, 4) is 5.75 Å². The maximum Gasteiger partial charge on any atom is 0.224 e. The summed E-state index contributed by atoms with van der Waals surface area (Å²) >= 11 is 0. The predicted octanol–water partition coefficient (Wildman–Crippen LogP) is 2.17. The molecule has 0 spiro atoms. The van der Waals surface area contributed by atoms with E-state index in [4.69, 9.17) is 9.47 Å². The summed E-state index contributed by atoms with van der Waals surface area (Å²) in [6.45, 7) is 2.28. The van der Waals surface area contributed by atoms with Crippen molar-refractivity contribution in [2.24, 2.45) is 5.92 Å². The Labute approximate surface area is 120 Å². The van der Waals surface area contributed by atoms with Crippen molar-refractivity contribution in [3.05, 3.63) is 29.8 Å². The van der Waals surface area contributed by atoms with Gasteiger partial charge in [0.15, 0.2) is 0 Å². The van der Waals surface area contributed by atoms with E-state index in [1.54, 1.807) is 7.11 Å². The Bertz CT molecular complexity index is 429. The second kappa shape index (κ2) is 7.90. The molecule has 0 heterocycles. The highest BCUT2D eigenvalue weighted by Gasteiger charge is 2.20. The van der Waals surface area contributed by atoms with Crippen molar-refractivity contribution in [1.82, 2.24) is 5.32 Å². The Kier molecular flexibility index (Phi) is 5.87. The molecular formula is C16H23NO3. The molecule has 0 radical (unpaired) electrons. The van der Waals surface area contributed by atoms with Gasteiger partial charge in [-0.05, 0) is 31.2 Å². The number of rotatable bonds is 9. The molecular weight excluding hydrogens is 254 g/mol. The molecule has 1 saturated carbocycles. The number of carbonyl (C=O) groups is 1. The zero-order valence-corrected chi connectivity index (χ0v) is 12.1. The lowest BCUT2D eigenvalue weighted by Crippen LogP contribution is -2.27. The molecule has 0 atom stereocenters. The minimum atomic E-state index is 0.0247. The molecule has 4 heteroatoms. The average molecular weight is 277 g/mol. The number of methoxy groups -OCH3 is 1. The van der Waals surface area contributed by atoms with E-state index in [0.717, 1.165) is 36.9 Å². The van der Waals surface area contributed by atoms with Crippen molar-refractivity contribution >= 4 is 5.91 Å². The standard InChI is InChI=1S/C16H23NO3/c1-19-15-6-3-2-5-14(15)11-16(18)17-9-4-10-20-12-13-7-8-13/h2-3,5-6,13H,4,7-12H2,1H3,(H,17,18). The number of amides is 1. The molecule has 110 valence electrons. The molecule has 1 N–H and O–H groups in total. The van der Waals surface area contributed by atoms with Crippen LogP contribution in [-0.4, -0.2) is 32.8 Å². The van der Waals surface area contributed by atoms with Crippen molar-refractivity contribution in [2.75, 3.05) is 26.9 Å². The molecule has 1 aromatic rings. The number of para-hydroxylation sites is 1. The van der Waals surface area contributed by atoms with Crippen LogP contribution in [0.3, 0.4) is 0 Å². The summed E-state index contributed by atoms with van der Waals surface area (Å²) in [5, 5.41) is 2.91. The highest BCUT2D eigenvalue weighted by Crippen LogP contribution is 2.28. The van der Waals surface area contributed by atoms with E-state index >= 15 is 0 Å². The number of hydrogen-bond acceptors (Lipinski definition) is 3. The van der Waals surface area contributed by atoms with Crippen LogP contribution >= 0.6 is 0 Å². The van der Waals surface area contributed by atoms with Crippen LogP contribution in [0.1, 0.15) is 24.8 Å². The van der Waals surface area contributed by atoms with Gasteiger partial charge >= 0.3 is 0 Å². The van der Waals surface area contributed by atoms with Crippen molar-refractivity contribution in [1.29, 1.82) is 0 Å². The minimum absolute atomic E-state index is 0.0247. The van der Waals surface area contributed by atoms with Gasteiger partial charge in [-0.25, -0.2) is 0 Å². The summed E-state index contributed by atoms with van der Waals surface area (Å²) in [6.07, 6.45) is 3.85. The summed E-state index contributed by atoms with van der Waals surface area (Å²) in [5.41, 5.74) is 0.914. The molecule has 1 aliphatic rings. The molecule has 0 bridgehead atoms. The molecule has 0 aliphatic heterocycles. The largest absolute Gasteiger partial charge is 0.496 e. The van der Waals surface area contributed by atoms with Crippen LogP contribution in [0.5, 0.6) is 5.75 Å². The first kappa shape index (κ1) is 14.9. The summed E-state index contributed by atoms with van der Waals surface area (Å²) in [6, 6.07) is 7.60. The van der Waals surface area contributed by atoms with E-state index < -0.39 is 0 Å². The number of ether oxygens (including phenoxy) is 2. The SMILES string of the molecule is COc1ccccc1CC(=O)NCCCOCC1CC1. The third-order valence-electron chi connectivity index (χ3n) is 3.38. The number of benzene rings is 1. The lowest BCUT2D eigenvalue weighted by Gasteiger charge is -2.09. The molecule has 20 heavy (non-hydrogen) atoms. The maximum atomic E-state index is 11.8. The topological polar surface area (TPSA) is 47.6 Å². The van der Waals surface area contributed by atoms with Crippen molar-refractivity contribution < 1.29 is 14.3 Å². The molecule has 0 aromatic heterocycles. The molecule has 1 fully saturated rings. The van der Waals surface area contributed by atoms with Crippen LogP contribution in [0.25, 0.3) is 0 Å². The fraction of sp³-hybridized carbons (Fsp3) is 0.562. The number of carbonyl (C=O) groups excluding carboxylic acids is 1. The van der Waals surface area contributed by atoms with Gasteiger partial charge in [0.25, 0.3) is 0 Å². The van der Waals surface area contributed by atoms with Gasteiger partial charge in [-0.2, -0.15) is 0 Å². The quantitative estimate of drug-likeness (QED) is 0.704. The van der Waals surface area contributed by atoms with E-state index in [9.17, 15) is 4.79 Å². The van der Waals surface area contributed by atoms with Gasteiger partial charge in [0.05, 0.1) is 13.5 Å². The molecule has 0 saturated heterocycles. The highest BCUT2D eigenvalue weighted by atomic mass is 16.5. The van der Waals surface area contributed by atoms with E-state index in [1.807, 2.05) is 24.3 Å². The van der Waals surface area contributed by atoms with Gasteiger partial charge < -0.3 is 14.8 Å². The third kappa shape index (κ3) is 5.21. The molecule has 4 nitrogen and oxygen atoms in total. The van der Waals surface area contributed by atoms with Gasteiger partial charge in [0, 0.05) is 25.3 Å². The average Bonchev–Trinajstić information content (AvgIpc) is 3.27. The Hall–Kier alpha value is -1.55. The van der Waals surface area contributed by atoms with Crippen LogP contribution in [0.2, 0.25) is 0 Å². The summed E-state index contributed by atoms with van der Waals surface area (Å²) < 4.78 is 10.8. The van der Waals surface area contributed by atoms with Crippen LogP contribution in [0.4, 0.5) is 0 Å². The van der Waals surface area contributed by atoms with Gasteiger partial charge in [0.1, 0.15) is 5.75 Å². The lowest BCUT2D eigenvalue weighted by atomic mass is 10.1. The second-order valence-electron chi connectivity index (χ2n) is 5.21. The van der Waals surface area contributed by atoms with E-state index in [-0.39, 0.29) is 5.91 Å². The number of nitrogens with one attached hydrogen (secondary N) is 1. The molecule has 2 rings (SSSR count). The summed E-state index contributed by atoms with van der Waals surface area (Å²) in [7, 11) is 1.62. The Balaban J connectivity index is 1.59. The third-order valence-corrected chi connectivity index (χ3v) is 3.38. The first-order valence-electron chi connectivity index (χ1n) is 7.26. The fourth-order valence-corrected chi connectivity index (χ4v) is 2.02. The zero-order chi connectivity index (χ0) is 14.2. The summed E-state index contributed by atoms with van der Waals surface area (Å²) in [5.74, 6) is 1.59. The molecule has 1 aliphatic carbocycles. The fourth-order valence-electron chi connectivity index (χ4n) is 2.02. The Morgan fingerprint density at radius 3 is 2.90 bits per heavy atom. The monoisotopic (exact) mass is 277 g/mol.